The number of aryl methyl sites for hydroxylation is 2. The quantitative estimate of drug-likeness (QED) is 0.606. The van der Waals surface area contributed by atoms with Gasteiger partial charge in [0.15, 0.2) is 0 Å². The molecule has 0 atom stereocenters. The maximum absolute atomic E-state index is 4.62. The van der Waals surface area contributed by atoms with E-state index >= 15 is 0 Å². The van der Waals surface area contributed by atoms with Gasteiger partial charge in [0.2, 0.25) is 5.78 Å². The Labute approximate surface area is 93.6 Å². The molecule has 80 valence electrons. The van der Waals surface area contributed by atoms with Crippen LogP contribution >= 0.6 is 0 Å². The van der Waals surface area contributed by atoms with E-state index in [0.29, 0.717) is 0 Å². The molecule has 0 spiro atoms. The van der Waals surface area contributed by atoms with Crippen molar-refractivity contribution in [1.82, 2.24) is 14.0 Å². The second-order valence-corrected chi connectivity index (χ2v) is 4.03. The normalized spacial score (nSPS) is 11.4. The molecule has 0 bridgehead atoms. The fourth-order valence-electron chi connectivity index (χ4n) is 2.12. The average molecular weight is 211 g/mol. The monoisotopic (exact) mass is 211 g/mol. The number of rotatable bonds is 1. The summed E-state index contributed by atoms with van der Waals surface area (Å²) in [5.74, 6) is 0.974. The van der Waals surface area contributed by atoms with Gasteiger partial charge in [0.1, 0.15) is 0 Å². The lowest BCUT2D eigenvalue weighted by molar-refractivity contribution is 0.899. The van der Waals surface area contributed by atoms with Crippen molar-refractivity contribution in [3.8, 4) is 0 Å². The molecule has 0 saturated carbocycles. The summed E-state index contributed by atoms with van der Waals surface area (Å²) in [7, 11) is 2.03. The van der Waals surface area contributed by atoms with Crippen LogP contribution in [0.2, 0.25) is 0 Å². The average Bonchev–Trinajstić information content (AvgIpc) is 2.78. The number of para-hydroxylation sites is 1. The molecule has 0 aliphatic rings. The summed E-state index contributed by atoms with van der Waals surface area (Å²) < 4.78 is 4.22. The van der Waals surface area contributed by atoms with Gasteiger partial charge < -0.3 is 4.57 Å². The van der Waals surface area contributed by atoms with Gasteiger partial charge in [-0.15, -0.1) is 0 Å². The first-order chi connectivity index (χ1) is 7.72. The van der Waals surface area contributed by atoms with E-state index in [-0.39, 0.29) is 0 Å². The number of hydrogen-bond acceptors (Lipinski definition) is 1. The lowest BCUT2D eigenvalue weighted by Crippen LogP contribution is -1.90. The molecular formula is C13H13N3. The summed E-state index contributed by atoms with van der Waals surface area (Å²) in [6.07, 6.45) is 3.98. The highest BCUT2D eigenvalue weighted by atomic mass is 15.2. The van der Waals surface area contributed by atoms with Gasteiger partial charge in [-0.25, -0.2) is 4.98 Å². The van der Waals surface area contributed by atoms with Crippen molar-refractivity contribution in [2.75, 3.05) is 0 Å². The van der Waals surface area contributed by atoms with Gasteiger partial charge in [0, 0.05) is 24.5 Å². The Morgan fingerprint density at radius 1 is 1.38 bits per heavy atom. The Hall–Kier alpha value is -2.03. The molecule has 3 nitrogen and oxygen atoms in total. The third-order valence-electron chi connectivity index (χ3n) is 3.09. The largest absolute Gasteiger partial charge is 0.317 e. The van der Waals surface area contributed by atoms with Crippen LogP contribution in [0.3, 0.4) is 0 Å². The van der Waals surface area contributed by atoms with Crippen LogP contribution < -0.4 is 0 Å². The summed E-state index contributed by atoms with van der Waals surface area (Å²) in [6.45, 7) is 5.93. The standard InChI is InChI=1S/C13H13N3/c1-4-10-6-5-7-11-12(10)16-8-9(2)15(3)13(16)14-11/h4-8H,1H2,2-3H3. The fraction of sp³-hybridized carbons (Fsp3) is 0.154. The molecule has 2 aromatic heterocycles. The van der Waals surface area contributed by atoms with Gasteiger partial charge in [-0.1, -0.05) is 24.8 Å². The molecule has 0 fully saturated rings. The van der Waals surface area contributed by atoms with E-state index in [4.69, 9.17) is 0 Å². The third-order valence-corrected chi connectivity index (χ3v) is 3.09. The Morgan fingerprint density at radius 3 is 2.94 bits per heavy atom. The molecule has 0 aliphatic carbocycles. The van der Waals surface area contributed by atoms with E-state index in [1.54, 1.807) is 0 Å². The molecule has 0 radical (unpaired) electrons. The van der Waals surface area contributed by atoms with Crippen LogP contribution in [0, 0.1) is 6.92 Å². The molecule has 0 unspecified atom stereocenters. The molecule has 16 heavy (non-hydrogen) atoms. The number of aromatic nitrogens is 3. The minimum atomic E-state index is 0.974. The number of hydrogen-bond donors (Lipinski definition) is 0. The van der Waals surface area contributed by atoms with Crippen LogP contribution in [-0.2, 0) is 7.05 Å². The molecule has 3 aromatic rings. The van der Waals surface area contributed by atoms with Crippen molar-refractivity contribution in [3.05, 3.63) is 42.2 Å². The van der Waals surface area contributed by atoms with Gasteiger partial charge in [-0.2, -0.15) is 0 Å². The van der Waals surface area contributed by atoms with Crippen LogP contribution in [0.5, 0.6) is 0 Å². The number of benzene rings is 1. The zero-order chi connectivity index (χ0) is 11.3. The van der Waals surface area contributed by atoms with Crippen LogP contribution in [0.25, 0.3) is 22.9 Å². The predicted molar refractivity (Wildman–Crippen MR) is 66.5 cm³/mol. The summed E-state index contributed by atoms with van der Waals surface area (Å²) >= 11 is 0. The smallest absolute Gasteiger partial charge is 0.214 e. The van der Waals surface area contributed by atoms with Crippen LogP contribution in [-0.4, -0.2) is 14.0 Å². The van der Waals surface area contributed by atoms with Crippen molar-refractivity contribution >= 4 is 22.9 Å². The van der Waals surface area contributed by atoms with Crippen molar-refractivity contribution in [2.45, 2.75) is 6.92 Å². The van der Waals surface area contributed by atoms with Crippen molar-refractivity contribution < 1.29 is 0 Å². The first kappa shape index (κ1) is 9.21. The highest BCUT2D eigenvalue weighted by molar-refractivity contribution is 5.87. The van der Waals surface area contributed by atoms with E-state index < -0.39 is 0 Å². The maximum Gasteiger partial charge on any atom is 0.214 e. The van der Waals surface area contributed by atoms with E-state index in [0.717, 1.165) is 22.4 Å². The van der Waals surface area contributed by atoms with E-state index in [9.17, 15) is 0 Å². The molecule has 3 heteroatoms. The lowest BCUT2D eigenvalue weighted by atomic mass is 10.2. The molecule has 1 aromatic carbocycles. The first-order valence-corrected chi connectivity index (χ1v) is 5.28. The van der Waals surface area contributed by atoms with Crippen molar-refractivity contribution in [2.24, 2.45) is 7.05 Å². The number of imidazole rings is 2. The highest BCUT2D eigenvalue weighted by Gasteiger charge is 2.10. The number of fused-ring (bicyclic) bond motifs is 3. The van der Waals surface area contributed by atoms with Gasteiger partial charge >= 0.3 is 0 Å². The minimum absolute atomic E-state index is 0.974. The molecular weight excluding hydrogens is 198 g/mol. The van der Waals surface area contributed by atoms with E-state index in [1.165, 1.54) is 5.69 Å². The van der Waals surface area contributed by atoms with Crippen LogP contribution in [0.1, 0.15) is 11.3 Å². The second-order valence-electron chi connectivity index (χ2n) is 4.03. The van der Waals surface area contributed by atoms with Gasteiger partial charge in [-0.3, -0.25) is 4.40 Å². The number of nitrogens with zero attached hydrogens (tertiary/aromatic N) is 3. The zero-order valence-electron chi connectivity index (χ0n) is 9.44. The highest BCUT2D eigenvalue weighted by Crippen LogP contribution is 2.22. The van der Waals surface area contributed by atoms with Gasteiger partial charge in [-0.05, 0) is 13.0 Å². The molecule has 0 saturated heterocycles. The maximum atomic E-state index is 4.62. The SMILES string of the molecule is C=Cc1cccc2nc3n(C)c(C)cn3c12. The summed E-state index contributed by atoms with van der Waals surface area (Å²) in [5.41, 5.74) is 4.47. The summed E-state index contributed by atoms with van der Waals surface area (Å²) in [5, 5.41) is 0. The Balaban J connectivity index is 2.60. The van der Waals surface area contributed by atoms with Gasteiger partial charge in [0.25, 0.3) is 0 Å². The summed E-state index contributed by atoms with van der Waals surface area (Å²) in [6, 6.07) is 6.11. The third kappa shape index (κ3) is 0.999. The Bertz CT molecular complexity index is 701. The molecule has 0 N–H and O–H groups in total. The predicted octanol–water partition coefficient (Wildman–Crippen LogP) is 2.78. The van der Waals surface area contributed by atoms with Crippen molar-refractivity contribution in [1.29, 1.82) is 0 Å². The Kier molecular flexibility index (Phi) is 1.72. The van der Waals surface area contributed by atoms with E-state index in [1.807, 2.05) is 25.3 Å². The summed E-state index contributed by atoms with van der Waals surface area (Å²) in [4.78, 5) is 4.62. The topological polar surface area (TPSA) is 22.2 Å². The first-order valence-electron chi connectivity index (χ1n) is 5.28. The molecule has 0 aliphatic heterocycles. The van der Waals surface area contributed by atoms with Crippen LogP contribution in [0.15, 0.2) is 31.0 Å². The van der Waals surface area contributed by atoms with Gasteiger partial charge in [0.05, 0.1) is 11.0 Å². The lowest BCUT2D eigenvalue weighted by Gasteiger charge is -1.95. The Morgan fingerprint density at radius 2 is 2.19 bits per heavy atom. The second kappa shape index (κ2) is 2.98. The van der Waals surface area contributed by atoms with Crippen LogP contribution in [0.4, 0.5) is 0 Å². The molecule has 3 rings (SSSR count). The van der Waals surface area contributed by atoms with Crippen molar-refractivity contribution in [3.63, 3.8) is 0 Å². The fourth-order valence-corrected chi connectivity index (χ4v) is 2.12. The molecule has 2 heterocycles. The minimum Gasteiger partial charge on any atom is -0.317 e. The zero-order valence-corrected chi connectivity index (χ0v) is 9.44. The van der Waals surface area contributed by atoms with E-state index in [2.05, 4.69) is 39.7 Å². The molecule has 0 amide bonds.